The fraction of sp³-hybridized carbons (Fsp3) is 0.318. The Bertz CT molecular complexity index is 1110. The number of anilines is 1. The van der Waals surface area contributed by atoms with E-state index < -0.39 is 0 Å². The van der Waals surface area contributed by atoms with Crippen molar-refractivity contribution in [3.8, 4) is 5.75 Å². The van der Waals surface area contributed by atoms with E-state index in [4.69, 9.17) is 14.2 Å². The van der Waals surface area contributed by atoms with Gasteiger partial charge in [0.05, 0.1) is 17.6 Å². The van der Waals surface area contributed by atoms with E-state index in [0.29, 0.717) is 24.0 Å². The SMILES string of the molecule is Fc1ccc(OCc2noc(CN3CCCN(c4nc5ccccc5[nH]4)CC3)n2)cc1. The molecule has 1 aliphatic heterocycles. The van der Waals surface area contributed by atoms with E-state index in [1.165, 1.54) is 12.1 Å². The number of aromatic nitrogens is 4. The summed E-state index contributed by atoms with van der Waals surface area (Å²) in [6.07, 6.45) is 1.02. The van der Waals surface area contributed by atoms with Crippen LogP contribution < -0.4 is 9.64 Å². The molecule has 31 heavy (non-hydrogen) atoms. The standard InChI is InChI=1S/C22H23FN6O2/c23-16-6-8-17(9-7-16)30-15-20-26-21(31-27-20)14-28-10-3-11-29(13-12-28)22-24-18-4-1-2-5-19(18)25-22/h1-2,4-9H,3,10-15H2,(H,24,25). The second kappa shape index (κ2) is 8.73. The minimum atomic E-state index is -0.300. The van der Waals surface area contributed by atoms with Crippen LogP contribution >= 0.6 is 0 Å². The van der Waals surface area contributed by atoms with Crippen molar-refractivity contribution < 1.29 is 13.7 Å². The summed E-state index contributed by atoms with van der Waals surface area (Å²) < 4.78 is 23.9. The Morgan fingerprint density at radius 3 is 2.74 bits per heavy atom. The van der Waals surface area contributed by atoms with E-state index in [-0.39, 0.29) is 12.4 Å². The van der Waals surface area contributed by atoms with Crippen molar-refractivity contribution in [1.82, 2.24) is 25.0 Å². The number of nitrogens with zero attached hydrogens (tertiary/aromatic N) is 5. The zero-order valence-electron chi connectivity index (χ0n) is 17.0. The predicted octanol–water partition coefficient (Wildman–Crippen LogP) is 3.38. The molecule has 0 bridgehead atoms. The fourth-order valence-electron chi connectivity index (χ4n) is 3.71. The zero-order valence-corrected chi connectivity index (χ0v) is 17.0. The maximum absolute atomic E-state index is 13.0. The molecule has 0 amide bonds. The van der Waals surface area contributed by atoms with E-state index >= 15 is 0 Å². The average Bonchev–Trinajstić information content (AvgIpc) is 3.35. The monoisotopic (exact) mass is 422 g/mol. The van der Waals surface area contributed by atoms with Crippen LogP contribution in [0.25, 0.3) is 11.0 Å². The molecular weight excluding hydrogens is 399 g/mol. The quantitative estimate of drug-likeness (QED) is 0.510. The van der Waals surface area contributed by atoms with Crippen LogP contribution in [0.5, 0.6) is 5.75 Å². The predicted molar refractivity (Wildman–Crippen MR) is 113 cm³/mol. The molecular formula is C22H23FN6O2. The first-order chi connectivity index (χ1) is 15.2. The molecule has 5 rings (SSSR count). The van der Waals surface area contributed by atoms with Gasteiger partial charge < -0.3 is 19.1 Å². The van der Waals surface area contributed by atoms with Gasteiger partial charge in [-0.05, 0) is 42.8 Å². The van der Waals surface area contributed by atoms with Crippen LogP contribution in [-0.2, 0) is 13.2 Å². The number of aromatic amines is 1. The van der Waals surface area contributed by atoms with Gasteiger partial charge in [0.2, 0.25) is 17.7 Å². The summed E-state index contributed by atoms with van der Waals surface area (Å²) >= 11 is 0. The van der Waals surface area contributed by atoms with Gasteiger partial charge in [-0.25, -0.2) is 9.37 Å². The number of ether oxygens (including phenoxy) is 1. The second-order valence-corrected chi connectivity index (χ2v) is 7.54. The maximum atomic E-state index is 13.0. The molecule has 160 valence electrons. The Kier molecular flexibility index (Phi) is 5.49. The lowest BCUT2D eigenvalue weighted by Gasteiger charge is -2.20. The first-order valence-corrected chi connectivity index (χ1v) is 10.3. The lowest BCUT2D eigenvalue weighted by Crippen LogP contribution is -2.31. The molecule has 0 saturated carbocycles. The number of hydrogen-bond donors (Lipinski definition) is 1. The van der Waals surface area contributed by atoms with Crippen LogP contribution in [0, 0.1) is 5.82 Å². The van der Waals surface area contributed by atoms with Gasteiger partial charge in [0.15, 0.2) is 6.61 Å². The highest BCUT2D eigenvalue weighted by atomic mass is 19.1. The molecule has 0 atom stereocenters. The molecule has 1 saturated heterocycles. The topological polar surface area (TPSA) is 83.3 Å². The Balaban J connectivity index is 1.15. The summed E-state index contributed by atoms with van der Waals surface area (Å²) in [7, 11) is 0. The lowest BCUT2D eigenvalue weighted by molar-refractivity contribution is 0.237. The van der Waals surface area contributed by atoms with E-state index in [1.807, 2.05) is 24.3 Å². The van der Waals surface area contributed by atoms with Crippen molar-refractivity contribution >= 4 is 17.0 Å². The highest BCUT2D eigenvalue weighted by Crippen LogP contribution is 2.19. The normalized spacial score (nSPS) is 15.3. The smallest absolute Gasteiger partial charge is 0.240 e. The molecule has 3 heterocycles. The van der Waals surface area contributed by atoms with Gasteiger partial charge in [-0.2, -0.15) is 4.98 Å². The minimum Gasteiger partial charge on any atom is -0.485 e. The number of hydrogen-bond acceptors (Lipinski definition) is 7. The summed E-state index contributed by atoms with van der Waals surface area (Å²) in [5.41, 5.74) is 2.04. The minimum absolute atomic E-state index is 0.176. The van der Waals surface area contributed by atoms with Crippen molar-refractivity contribution in [1.29, 1.82) is 0 Å². The molecule has 0 aliphatic carbocycles. The number of benzene rings is 2. The molecule has 1 aliphatic rings. The maximum Gasteiger partial charge on any atom is 0.240 e. The summed E-state index contributed by atoms with van der Waals surface area (Å²) in [4.78, 5) is 17.1. The Labute approximate surface area is 178 Å². The van der Waals surface area contributed by atoms with Crippen LogP contribution in [0.4, 0.5) is 10.3 Å². The number of rotatable bonds is 6. The van der Waals surface area contributed by atoms with Crippen LogP contribution in [-0.4, -0.2) is 51.2 Å². The van der Waals surface area contributed by atoms with Crippen LogP contribution in [0.1, 0.15) is 18.1 Å². The van der Waals surface area contributed by atoms with Crippen molar-refractivity contribution in [2.75, 3.05) is 31.1 Å². The number of H-pyrrole nitrogens is 1. The van der Waals surface area contributed by atoms with Gasteiger partial charge >= 0.3 is 0 Å². The Morgan fingerprint density at radius 2 is 1.87 bits per heavy atom. The second-order valence-electron chi connectivity index (χ2n) is 7.54. The van der Waals surface area contributed by atoms with Gasteiger partial charge in [0.1, 0.15) is 11.6 Å². The molecule has 9 heteroatoms. The van der Waals surface area contributed by atoms with Crippen molar-refractivity contribution in [3.05, 3.63) is 66.1 Å². The molecule has 8 nitrogen and oxygen atoms in total. The van der Waals surface area contributed by atoms with Gasteiger partial charge in [0, 0.05) is 26.2 Å². The van der Waals surface area contributed by atoms with Gasteiger partial charge in [0.25, 0.3) is 0 Å². The molecule has 4 aromatic rings. The van der Waals surface area contributed by atoms with E-state index in [9.17, 15) is 4.39 Å². The average molecular weight is 422 g/mol. The van der Waals surface area contributed by atoms with Crippen LogP contribution in [0.15, 0.2) is 53.1 Å². The molecule has 1 N–H and O–H groups in total. The highest BCUT2D eigenvalue weighted by Gasteiger charge is 2.19. The van der Waals surface area contributed by atoms with Crippen molar-refractivity contribution in [2.24, 2.45) is 0 Å². The van der Waals surface area contributed by atoms with Gasteiger partial charge in [-0.15, -0.1) is 0 Å². The third-order valence-corrected chi connectivity index (χ3v) is 5.32. The van der Waals surface area contributed by atoms with Crippen LogP contribution in [0.3, 0.4) is 0 Å². The lowest BCUT2D eigenvalue weighted by atomic mass is 10.3. The molecule has 2 aromatic carbocycles. The zero-order chi connectivity index (χ0) is 21.0. The molecule has 2 aromatic heterocycles. The summed E-state index contributed by atoms with van der Waals surface area (Å²) in [6, 6.07) is 13.9. The van der Waals surface area contributed by atoms with Gasteiger partial charge in [-0.1, -0.05) is 17.3 Å². The van der Waals surface area contributed by atoms with E-state index in [1.54, 1.807) is 12.1 Å². The number of halogens is 1. The van der Waals surface area contributed by atoms with E-state index in [2.05, 4.69) is 24.9 Å². The molecule has 0 unspecified atom stereocenters. The first-order valence-electron chi connectivity index (χ1n) is 10.3. The number of nitrogens with one attached hydrogen (secondary N) is 1. The Hall–Kier alpha value is -3.46. The summed E-state index contributed by atoms with van der Waals surface area (Å²) in [6.45, 7) is 4.40. The largest absolute Gasteiger partial charge is 0.485 e. The van der Waals surface area contributed by atoms with Crippen LogP contribution in [0.2, 0.25) is 0 Å². The van der Waals surface area contributed by atoms with Crippen molar-refractivity contribution in [3.63, 3.8) is 0 Å². The summed E-state index contributed by atoms with van der Waals surface area (Å²) in [5.74, 6) is 2.21. The number of imidazole rings is 1. The molecule has 0 spiro atoms. The molecule has 0 radical (unpaired) electrons. The van der Waals surface area contributed by atoms with Crippen molar-refractivity contribution in [2.45, 2.75) is 19.6 Å². The fourth-order valence-corrected chi connectivity index (χ4v) is 3.71. The number of fused-ring (bicyclic) bond motifs is 1. The Morgan fingerprint density at radius 1 is 1.00 bits per heavy atom. The number of para-hydroxylation sites is 2. The van der Waals surface area contributed by atoms with E-state index in [0.717, 1.165) is 49.6 Å². The molecule has 1 fully saturated rings. The van der Waals surface area contributed by atoms with Gasteiger partial charge in [-0.3, -0.25) is 4.90 Å². The first kappa shape index (κ1) is 19.5. The summed E-state index contributed by atoms with van der Waals surface area (Å²) in [5, 5.41) is 3.99. The highest BCUT2D eigenvalue weighted by molar-refractivity contribution is 5.77. The third kappa shape index (κ3) is 4.66. The third-order valence-electron chi connectivity index (χ3n) is 5.32.